The second-order valence-corrected chi connectivity index (χ2v) is 18.4. The molecule has 6 nitrogen and oxygen atoms in total. The van der Waals surface area contributed by atoms with Crippen LogP contribution in [-0.4, -0.2) is 78.5 Å². The van der Waals surface area contributed by atoms with Crippen molar-refractivity contribution in [3.05, 3.63) is 59.7 Å². The minimum absolute atomic E-state index is 0.0464. The van der Waals surface area contributed by atoms with Crippen LogP contribution in [0, 0.1) is 5.92 Å². The molecule has 0 fully saturated rings. The van der Waals surface area contributed by atoms with E-state index in [4.69, 9.17) is 13.6 Å². The van der Waals surface area contributed by atoms with Gasteiger partial charge >= 0.3 is 0 Å². The number of aliphatic hydroxyl groups is 2. The van der Waals surface area contributed by atoms with E-state index in [1.165, 1.54) is 11.1 Å². The van der Waals surface area contributed by atoms with E-state index in [2.05, 4.69) is 76.2 Å². The smallest absolute Gasteiger partial charge is 0.191 e. The maximum Gasteiger partial charge on any atom is 0.191 e. The highest BCUT2D eigenvalue weighted by Gasteiger charge is 2.25. The molecule has 2 atom stereocenters. The predicted molar refractivity (Wildman–Crippen MR) is 161 cm³/mol. The lowest BCUT2D eigenvalue weighted by atomic mass is 9.78. The van der Waals surface area contributed by atoms with Gasteiger partial charge in [0, 0.05) is 17.9 Å². The molecule has 2 aromatic carbocycles. The Hall–Kier alpha value is -1.69. The molecule has 1 radical (unpaired) electrons. The minimum Gasteiger partial charge on any atom is -0.493 e. The first kappa shape index (κ1) is 32.5. The summed E-state index contributed by atoms with van der Waals surface area (Å²) in [4.78, 5) is 2.20. The standard InChI is InChI=1S/C30H50NO5Si2/c1-24(20-32)22-34-28-14-10-25(11-15-28)30(2,3)26-12-16-29(17-13-26)35-23-27(21-33)31(4)18-9-19-38(7,8)36-37(5)6/h10-17,24,27,32-33H,9,18-23H2,1-8H3. The van der Waals surface area contributed by atoms with Gasteiger partial charge in [-0.25, -0.2) is 0 Å². The van der Waals surface area contributed by atoms with Crippen molar-refractivity contribution in [1.82, 2.24) is 4.90 Å². The Bertz CT molecular complexity index is 935. The first-order chi connectivity index (χ1) is 17.9. The second-order valence-electron chi connectivity index (χ2n) is 11.8. The summed E-state index contributed by atoms with van der Waals surface area (Å²) >= 11 is 0. The molecule has 0 amide bonds. The van der Waals surface area contributed by atoms with Gasteiger partial charge in [0.1, 0.15) is 18.1 Å². The van der Waals surface area contributed by atoms with Crippen molar-refractivity contribution < 1.29 is 23.8 Å². The fourth-order valence-electron chi connectivity index (χ4n) is 4.45. The maximum absolute atomic E-state index is 9.97. The summed E-state index contributed by atoms with van der Waals surface area (Å²) < 4.78 is 18.1. The number of rotatable bonds is 17. The third kappa shape index (κ3) is 10.5. The molecule has 0 heterocycles. The molecule has 0 saturated carbocycles. The van der Waals surface area contributed by atoms with Gasteiger partial charge in [-0.1, -0.05) is 45.0 Å². The highest BCUT2D eigenvalue weighted by molar-refractivity contribution is 6.77. The summed E-state index contributed by atoms with van der Waals surface area (Å²) in [5.41, 5.74) is 2.21. The summed E-state index contributed by atoms with van der Waals surface area (Å²) in [6, 6.07) is 17.5. The average molecular weight is 561 g/mol. The molecule has 0 aliphatic carbocycles. The molecule has 2 N–H and O–H groups in total. The van der Waals surface area contributed by atoms with Crippen LogP contribution in [0.4, 0.5) is 0 Å². The van der Waals surface area contributed by atoms with Crippen LogP contribution >= 0.6 is 0 Å². The largest absolute Gasteiger partial charge is 0.493 e. The molecule has 0 aliphatic heterocycles. The summed E-state index contributed by atoms with van der Waals surface area (Å²) in [6.45, 7) is 17.4. The molecule has 2 rings (SSSR count). The molecule has 0 saturated heterocycles. The number of aliphatic hydroxyl groups excluding tert-OH is 2. The first-order valence-corrected chi connectivity index (χ1v) is 19.3. The Labute approximate surface area is 233 Å². The summed E-state index contributed by atoms with van der Waals surface area (Å²) in [5.74, 6) is 1.73. The van der Waals surface area contributed by atoms with Gasteiger partial charge in [0.2, 0.25) is 0 Å². The third-order valence-electron chi connectivity index (χ3n) is 7.04. The Kier molecular flexibility index (Phi) is 13.0. The second kappa shape index (κ2) is 15.2. The maximum atomic E-state index is 9.97. The van der Waals surface area contributed by atoms with E-state index in [1.54, 1.807) is 0 Å². The van der Waals surface area contributed by atoms with Gasteiger partial charge in [0.25, 0.3) is 0 Å². The van der Waals surface area contributed by atoms with Crippen LogP contribution in [0.15, 0.2) is 48.5 Å². The minimum atomic E-state index is -1.60. The van der Waals surface area contributed by atoms with Crippen LogP contribution < -0.4 is 9.47 Å². The number of hydrogen-bond donors (Lipinski definition) is 2. The molecular weight excluding hydrogens is 511 g/mol. The molecule has 0 bridgehead atoms. The monoisotopic (exact) mass is 560 g/mol. The van der Waals surface area contributed by atoms with E-state index < -0.39 is 17.4 Å². The van der Waals surface area contributed by atoms with Crippen LogP contribution in [0.5, 0.6) is 11.5 Å². The summed E-state index contributed by atoms with van der Waals surface area (Å²) in [5, 5.41) is 19.1. The molecular formula is C30H50NO5Si2. The number of hydrogen-bond acceptors (Lipinski definition) is 6. The van der Waals surface area contributed by atoms with Gasteiger partial charge in [-0.2, -0.15) is 0 Å². The highest BCUT2D eigenvalue weighted by Crippen LogP contribution is 2.33. The zero-order valence-electron chi connectivity index (χ0n) is 24.8. The molecule has 2 aromatic rings. The summed E-state index contributed by atoms with van der Waals surface area (Å²) in [6.07, 6.45) is 1.07. The molecule has 2 unspecified atom stereocenters. The van der Waals surface area contributed by atoms with Crippen LogP contribution in [0.25, 0.3) is 0 Å². The van der Waals surface area contributed by atoms with Crippen LogP contribution in [-0.2, 0) is 9.53 Å². The zero-order valence-corrected chi connectivity index (χ0v) is 26.8. The Morgan fingerprint density at radius 1 is 0.868 bits per heavy atom. The Balaban J connectivity index is 1.90. The number of benzene rings is 2. The number of ether oxygens (including phenoxy) is 2. The van der Waals surface area contributed by atoms with Crippen molar-refractivity contribution in [2.45, 2.75) is 70.9 Å². The Morgan fingerprint density at radius 3 is 1.82 bits per heavy atom. The van der Waals surface area contributed by atoms with Crippen molar-refractivity contribution in [1.29, 1.82) is 0 Å². The van der Waals surface area contributed by atoms with Crippen LogP contribution in [0.1, 0.15) is 38.3 Å². The fraction of sp³-hybridized carbons (Fsp3) is 0.600. The lowest BCUT2D eigenvalue weighted by Crippen LogP contribution is -2.41. The third-order valence-corrected chi connectivity index (χ3v) is 12.4. The lowest BCUT2D eigenvalue weighted by molar-refractivity contribution is 0.101. The van der Waals surface area contributed by atoms with E-state index in [1.807, 2.05) is 31.2 Å². The van der Waals surface area contributed by atoms with Crippen molar-refractivity contribution in [2.75, 3.05) is 40.0 Å². The fourth-order valence-corrected chi connectivity index (χ4v) is 10.3. The number of nitrogens with zero attached hydrogens (tertiary/aromatic N) is 1. The van der Waals surface area contributed by atoms with Crippen LogP contribution in [0.2, 0.25) is 32.2 Å². The summed E-state index contributed by atoms with van der Waals surface area (Å²) in [7, 11) is -0.199. The van der Waals surface area contributed by atoms with Gasteiger partial charge in [0.05, 0.1) is 19.3 Å². The van der Waals surface area contributed by atoms with E-state index >= 15 is 0 Å². The molecule has 0 aliphatic rings. The topological polar surface area (TPSA) is 71.4 Å². The molecule has 213 valence electrons. The molecule has 38 heavy (non-hydrogen) atoms. The molecule has 8 heteroatoms. The van der Waals surface area contributed by atoms with Gasteiger partial charge in [-0.3, -0.25) is 4.90 Å². The van der Waals surface area contributed by atoms with Gasteiger partial charge in [0.15, 0.2) is 17.4 Å². The Morgan fingerprint density at radius 2 is 1.37 bits per heavy atom. The number of likely N-dealkylation sites (N-methyl/N-ethyl adjacent to an activating group) is 1. The average Bonchev–Trinajstić information content (AvgIpc) is 2.87. The first-order valence-electron chi connectivity index (χ1n) is 13.8. The highest BCUT2D eigenvalue weighted by atomic mass is 28.4. The van der Waals surface area contributed by atoms with E-state index in [9.17, 15) is 10.2 Å². The molecule has 0 aromatic heterocycles. The van der Waals surface area contributed by atoms with E-state index in [0.717, 1.165) is 30.5 Å². The van der Waals surface area contributed by atoms with Crippen LogP contribution in [0.3, 0.4) is 0 Å². The zero-order chi connectivity index (χ0) is 28.3. The van der Waals surface area contributed by atoms with Gasteiger partial charge in [-0.15, -0.1) is 0 Å². The SMILES string of the molecule is CC(CO)COc1ccc(C(C)(C)c2ccc(OCC(CO)N(C)CCC[Si](C)(C)O[Si](C)C)cc2)cc1. The normalized spacial score (nSPS) is 14.1. The van der Waals surface area contributed by atoms with Crippen molar-refractivity contribution in [3.63, 3.8) is 0 Å². The molecule has 0 spiro atoms. The van der Waals surface area contributed by atoms with Crippen molar-refractivity contribution in [3.8, 4) is 11.5 Å². The van der Waals surface area contributed by atoms with Gasteiger partial charge in [-0.05, 0) is 87.6 Å². The predicted octanol–water partition coefficient (Wildman–Crippen LogP) is 5.55. The van der Waals surface area contributed by atoms with Crippen molar-refractivity contribution >= 4 is 17.4 Å². The van der Waals surface area contributed by atoms with E-state index in [0.29, 0.717) is 13.2 Å². The lowest BCUT2D eigenvalue weighted by Gasteiger charge is -2.29. The quantitative estimate of drug-likeness (QED) is 0.247. The van der Waals surface area contributed by atoms with Gasteiger partial charge < -0.3 is 23.8 Å². The van der Waals surface area contributed by atoms with Crippen molar-refractivity contribution in [2.24, 2.45) is 5.92 Å². The van der Waals surface area contributed by atoms with E-state index in [-0.39, 0.29) is 30.6 Å².